The van der Waals surface area contributed by atoms with Crippen molar-refractivity contribution in [3.8, 4) is 0 Å². The van der Waals surface area contributed by atoms with Crippen molar-refractivity contribution in [2.45, 2.75) is 5.38 Å². The number of rotatable bonds is 4. The minimum Gasteiger partial charge on any atom is -0.460 e. The monoisotopic (exact) mass is 210 g/mol. The van der Waals surface area contributed by atoms with Gasteiger partial charge in [-0.3, -0.25) is 4.79 Å². The average Bonchev–Trinajstić information content (AvgIpc) is 2.26. The fourth-order valence-corrected chi connectivity index (χ4v) is 1.18. The van der Waals surface area contributed by atoms with E-state index in [1.165, 1.54) is 6.08 Å². The molecule has 0 aliphatic heterocycles. The maximum atomic E-state index is 11.3. The number of halogens is 1. The zero-order chi connectivity index (χ0) is 10.4. The van der Waals surface area contributed by atoms with Crippen LogP contribution in [0.2, 0.25) is 0 Å². The second-order valence-corrected chi connectivity index (χ2v) is 3.13. The van der Waals surface area contributed by atoms with E-state index in [4.69, 9.17) is 16.3 Å². The predicted molar refractivity (Wildman–Crippen MR) is 56.2 cm³/mol. The van der Waals surface area contributed by atoms with E-state index in [1.807, 2.05) is 18.2 Å². The standard InChI is InChI=1S/C11H11ClO2/c1-2-8-14-11(13)10(12)9-6-4-3-5-7-9/h2-7,10H,1,8H2. The zero-order valence-electron chi connectivity index (χ0n) is 7.65. The van der Waals surface area contributed by atoms with Crippen LogP contribution in [-0.4, -0.2) is 12.6 Å². The summed E-state index contributed by atoms with van der Waals surface area (Å²) in [4.78, 5) is 11.3. The van der Waals surface area contributed by atoms with Crippen LogP contribution in [0.4, 0.5) is 0 Å². The Labute approximate surface area is 88.1 Å². The summed E-state index contributed by atoms with van der Waals surface area (Å²) in [6.45, 7) is 3.63. The molecule has 0 saturated heterocycles. The predicted octanol–water partition coefficient (Wildman–Crippen LogP) is 2.70. The summed E-state index contributed by atoms with van der Waals surface area (Å²) in [6, 6.07) is 9.08. The highest BCUT2D eigenvalue weighted by atomic mass is 35.5. The number of carbonyl (C=O) groups is 1. The highest BCUT2D eigenvalue weighted by Crippen LogP contribution is 2.21. The second-order valence-electron chi connectivity index (χ2n) is 2.69. The van der Waals surface area contributed by atoms with E-state index in [0.717, 1.165) is 5.56 Å². The van der Waals surface area contributed by atoms with Crippen molar-refractivity contribution in [3.63, 3.8) is 0 Å². The molecule has 14 heavy (non-hydrogen) atoms. The zero-order valence-corrected chi connectivity index (χ0v) is 8.41. The van der Waals surface area contributed by atoms with Gasteiger partial charge in [0.05, 0.1) is 0 Å². The Bertz CT molecular complexity index is 308. The number of benzene rings is 1. The summed E-state index contributed by atoms with van der Waals surface area (Å²) < 4.78 is 4.82. The third-order valence-corrected chi connectivity index (χ3v) is 2.07. The highest BCUT2D eigenvalue weighted by Gasteiger charge is 2.17. The van der Waals surface area contributed by atoms with E-state index >= 15 is 0 Å². The Hall–Kier alpha value is -1.28. The fraction of sp³-hybridized carbons (Fsp3) is 0.182. The van der Waals surface area contributed by atoms with Gasteiger partial charge in [0.15, 0.2) is 5.38 Å². The number of carbonyl (C=O) groups excluding carboxylic acids is 1. The number of ether oxygens (including phenoxy) is 1. The summed E-state index contributed by atoms with van der Waals surface area (Å²) in [7, 11) is 0. The quantitative estimate of drug-likeness (QED) is 0.434. The summed E-state index contributed by atoms with van der Waals surface area (Å²) in [5, 5.41) is -0.740. The second kappa shape index (κ2) is 5.45. The number of alkyl halides is 1. The lowest BCUT2D eigenvalue weighted by molar-refractivity contribution is -0.142. The average molecular weight is 211 g/mol. The van der Waals surface area contributed by atoms with Gasteiger partial charge in [0.1, 0.15) is 6.61 Å². The lowest BCUT2D eigenvalue weighted by Crippen LogP contribution is -2.11. The van der Waals surface area contributed by atoms with Gasteiger partial charge in [-0.25, -0.2) is 0 Å². The summed E-state index contributed by atoms with van der Waals surface area (Å²) in [6.07, 6.45) is 1.51. The third-order valence-electron chi connectivity index (χ3n) is 1.64. The van der Waals surface area contributed by atoms with E-state index < -0.39 is 11.3 Å². The van der Waals surface area contributed by atoms with Gasteiger partial charge in [0.2, 0.25) is 0 Å². The van der Waals surface area contributed by atoms with Crippen molar-refractivity contribution in [1.29, 1.82) is 0 Å². The Kier molecular flexibility index (Phi) is 4.20. The molecule has 0 amide bonds. The SMILES string of the molecule is C=CCOC(=O)C(Cl)c1ccccc1. The van der Waals surface area contributed by atoms with Crippen molar-refractivity contribution in [1.82, 2.24) is 0 Å². The van der Waals surface area contributed by atoms with Crippen molar-refractivity contribution in [2.75, 3.05) is 6.61 Å². The van der Waals surface area contributed by atoms with Crippen LogP contribution in [-0.2, 0) is 9.53 Å². The number of esters is 1. The van der Waals surface area contributed by atoms with Gasteiger partial charge >= 0.3 is 5.97 Å². The molecule has 0 radical (unpaired) electrons. The minimum atomic E-state index is -0.740. The Morgan fingerprint density at radius 1 is 1.50 bits per heavy atom. The molecule has 0 aliphatic rings. The Morgan fingerprint density at radius 2 is 2.14 bits per heavy atom. The molecule has 0 N–H and O–H groups in total. The first-order chi connectivity index (χ1) is 6.75. The van der Waals surface area contributed by atoms with Gasteiger partial charge < -0.3 is 4.74 Å². The van der Waals surface area contributed by atoms with Crippen molar-refractivity contribution in [2.24, 2.45) is 0 Å². The molecule has 0 aliphatic carbocycles. The normalized spacial score (nSPS) is 11.8. The molecule has 0 spiro atoms. The van der Waals surface area contributed by atoms with Gasteiger partial charge in [-0.05, 0) is 5.56 Å². The molecule has 2 nitrogen and oxygen atoms in total. The number of hydrogen-bond acceptors (Lipinski definition) is 2. The van der Waals surface area contributed by atoms with Crippen LogP contribution >= 0.6 is 11.6 Å². The number of hydrogen-bond donors (Lipinski definition) is 0. The molecular weight excluding hydrogens is 200 g/mol. The van der Waals surface area contributed by atoms with Gasteiger partial charge in [-0.1, -0.05) is 43.0 Å². The Morgan fingerprint density at radius 3 is 2.71 bits per heavy atom. The van der Waals surface area contributed by atoms with Gasteiger partial charge in [0.25, 0.3) is 0 Å². The van der Waals surface area contributed by atoms with E-state index in [2.05, 4.69) is 6.58 Å². The van der Waals surface area contributed by atoms with Crippen molar-refractivity contribution < 1.29 is 9.53 Å². The van der Waals surface area contributed by atoms with Crippen LogP contribution in [0.25, 0.3) is 0 Å². The largest absolute Gasteiger partial charge is 0.460 e. The van der Waals surface area contributed by atoms with E-state index in [1.54, 1.807) is 12.1 Å². The molecule has 1 aromatic carbocycles. The molecule has 3 heteroatoms. The van der Waals surface area contributed by atoms with Gasteiger partial charge in [0, 0.05) is 0 Å². The van der Waals surface area contributed by atoms with Crippen LogP contribution in [0.1, 0.15) is 10.9 Å². The first-order valence-corrected chi connectivity index (χ1v) is 4.66. The van der Waals surface area contributed by atoms with Crippen molar-refractivity contribution >= 4 is 17.6 Å². The summed E-state index contributed by atoms with van der Waals surface area (Å²) >= 11 is 5.88. The molecule has 1 rings (SSSR count). The molecule has 74 valence electrons. The molecule has 1 atom stereocenters. The minimum absolute atomic E-state index is 0.189. The maximum Gasteiger partial charge on any atom is 0.328 e. The van der Waals surface area contributed by atoms with Crippen molar-refractivity contribution in [3.05, 3.63) is 48.6 Å². The molecule has 0 bridgehead atoms. The molecule has 0 aromatic heterocycles. The van der Waals surface area contributed by atoms with Crippen LogP contribution in [0.15, 0.2) is 43.0 Å². The smallest absolute Gasteiger partial charge is 0.328 e. The van der Waals surface area contributed by atoms with Gasteiger partial charge in [-0.15, -0.1) is 11.6 Å². The molecule has 1 unspecified atom stereocenters. The Balaban J connectivity index is 2.61. The van der Waals surface area contributed by atoms with Crippen LogP contribution in [0, 0.1) is 0 Å². The first-order valence-electron chi connectivity index (χ1n) is 4.22. The molecular formula is C11H11ClO2. The lowest BCUT2D eigenvalue weighted by Gasteiger charge is -2.08. The highest BCUT2D eigenvalue weighted by molar-refractivity contribution is 6.29. The topological polar surface area (TPSA) is 26.3 Å². The molecule has 0 fully saturated rings. The lowest BCUT2D eigenvalue weighted by atomic mass is 10.1. The summed E-state index contributed by atoms with van der Waals surface area (Å²) in [5.41, 5.74) is 0.739. The fourth-order valence-electron chi connectivity index (χ4n) is 0.972. The van der Waals surface area contributed by atoms with Gasteiger partial charge in [-0.2, -0.15) is 0 Å². The van der Waals surface area contributed by atoms with Crippen LogP contribution < -0.4 is 0 Å². The summed E-state index contributed by atoms with van der Waals surface area (Å²) in [5.74, 6) is -0.447. The first kappa shape index (κ1) is 10.8. The van der Waals surface area contributed by atoms with E-state index in [-0.39, 0.29) is 6.61 Å². The maximum absolute atomic E-state index is 11.3. The van der Waals surface area contributed by atoms with Crippen LogP contribution in [0.3, 0.4) is 0 Å². The molecule has 0 heterocycles. The van der Waals surface area contributed by atoms with E-state index in [0.29, 0.717) is 0 Å². The van der Waals surface area contributed by atoms with Crippen LogP contribution in [0.5, 0.6) is 0 Å². The van der Waals surface area contributed by atoms with E-state index in [9.17, 15) is 4.79 Å². The third kappa shape index (κ3) is 2.89. The molecule has 0 saturated carbocycles. The molecule has 1 aromatic rings.